The molecular weight excluding hydrogens is 290 g/mol. The summed E-state index contributed by atoms with van der Waals surface area (Å²) in [4.78, 5) is 3.93. The number of ether oxygens (including phenoxy) is 1. The lowest BCUT2D eigenvalue weighted by atomic mass is 10.2. The van der Waals surface area contributed by atoms with Gasteiger partial charge in [0.25, 0.3) is 0 Å². The highest BCUT2D eigenvalue weighted by atomic mass is 35.5. The molecule has 0 N–H and O–H groups in total. The summed E-state index contributed by atoms with van der Waals surface area (Å²) in [6, 6.07) is 6.69. The Balaban J connectivity index is 2.44. The number of halogens is 5. The van der Waals surface area contributed by atoms with Gasteiger partial charge < -0.3 is 4.74 Å². The average molecular weight is 296 g/mol. The van der Waals surface area contributed by atoms with E-state index < -0.39 is 12.8 Å². The minimum absolute atomic E-state index is 0.0230. The summed E-state index contributed by atoms with van der Waals surface area (Å²) in [5.74, 6) is -0.255. The summed E-state index contributed by atoms with van der Waals surface area (Å²) >= 11 is 11.7. The van der Waals surface area contributed by atoms with Gasteiger partial charge in [-0.25, -0.2) is 4.98 Å². The van der Waals surface area contributed by atoms with E-state index in [9.17, 15) is 13.2 Å². The second kappa shape index (κ2) is 4.82. The van der Waals surface area contributed by atoms with Crippen molar-refractivity contribution in [1.82, 2.24) is 4.98 Å². The average Bonchev–Trinajstić information content (AvgIpc) is 2.27. The third-order valence-electron chi connectivity index (χ3n) is 2.13. The van der Waals surface area contributed by atoms with Crippen LogP contribution < -0.4 is 4.74 Å². The fraction of sp³-hybridized carbons (Fsp3) is 0.182. The van der Waals surface area contributed by atoms with Crippen LogP contribution in [0.2, 0.25) is 10.2 Å². The van der Waals surface area contributed by atoms with Gasteiger partial charge in [-0.1, -0.05) is 41.4 Å². The number of aromatic nitrogens is 1. The zero-order valence-corrected chi connectivity index (χ0v) is 10.3. The Morgan fingerprint density at radius 3 is 2.50 bits per heavy atom. The fourth-order valence-corrected chi connectivity index (χ4v) is 2.00. The van der Waals surface area contributed by atoms with Crippen molar-refractivity contribution in [1.29, 1.82) is 0 Å². The Morgan fingerprint density at radius 1 is 1.17 bits per heavy atom. The molecule has 0 radical (unpaired) electrons. The van der Waals surface area contributed by atoms with Gasteiger partial charge in [-0.05, 0) is 6.07 Å². The van der Waals surface area contributed by atoms with Crippen molar-refractivity contribution in [3.8, 4) is 5.75 Å². The van der Waals surface area contributed by atoms with Crippen LogP contribution in [0.15, 0.2) is 24.3 Å². The van der Waals surface area contributed by atoms with E-state index in [1.807, 2.05) is 0 Å². The molecule has 0 atom stereocenters. The van der Waals surface area contributed by atoms with Crippen LogP contribution in [0.1, 0.15) is 0 Å². The fourth-order valence-electron chi connectivity index (χ4n) is 1.40. The first-order valence-corrected chi connectivity index (χ1v) is 5.57. The van der Waals surface area contributed by atoms with Crippen molar-refractivity contribution in [2.24, 2.45) is 0 Å². The Labute approximate surface area is 110 Å². The molecule has 1 aromatic carbocycles. The molecule has 0 aliphatic heterocycles. The minimum Gasteiger partial charge on any atom is -0.479 e. The monoisotopic (exact) mass is 295 g/mol. The van der Waals surface area contributed by atoms with Crippen molar-refractivity contribution in [3.63, 3.8) is 0 Å². The Kier molecular flexibility index (Phi) is 3.54. The van der Waals surface area contributed by atoms with Crippen molar-refractivity contribution in [2.75, 3.05) is 6.61 Å². The lowest BCUT2D eigenvalue weighted by molar-refractivity contribution is -0.153. The number of rotatable bonds is 2. The third-order valence-corrected chi connectivity index (χ3v) is 2.76. The standard InChI is InChI=1S/C11H6Cl2F3NO/c12-8-6-3-1-2-4-7(6)17-10(13)9(8)18-5-11(14,15)16/h1-4H,5H2. The van der Waals surface area contributed by atoms with E-state index in [0.717, 1.165) is 0 Å². The lowest BCUT2D eigenvalue weighted by Crippen LogP contribution is -2.19. The molecule has 0 amide bonds. The maximum absolute atomic E-state index is 12.1. The van der Waals surface area contributed by atoms with E-state index in [1.54, 1.807) is 24.3 Å². The van der Waals surface area contributed by atoms with Crippen LogP contribution in [0.5, 0.6) is 5.75 Å². The molecule has 2 nitrogen and oxygen atoms in total. The van der Waals surface area contributed by atoms with Crippen molar-refractivity contribution < 1.29 is 17.9 Å². The van der Waals surface area contributed by atoms with Crippen molar-refractivity contribution >= 4 is 34.1 Å². The van der Waals surface area contributed by atoms with Gasteiger partial charge in [0.15, 0.2) is 17.5 Å². The predicted molar refractivity (Wildman–Crippen MR) is 63.3 cm³/mol. The van der Waals surface area contributed by atoms with Crippen LogP contribution in [-0.2, 0) is 0 Å². The molecule has 0 aliphatic carbocycles. The first-order valence-electron chi connectivity index (χ1n) is 4.82. The van der Waals surface area contributed by atoms with E-state index >= 15 is 0 Å². The Hall–Kier alpha value is -1.20. The zero-order chi connectivity index (χ0) is 13.3. The number of para-hydroxylation sites is 1. The van der Waals surface area contributed by atoms with Crippen LogP contribution >= 0.6 is 23.2 Å². The van der Waals surface area contributed by atoms with Gasteiger partial charge in [0, 0.05) is 5.39 Å². The smallest absolute Gasteiger partial charge is 0.422 e. The van der Waals surface area contributed by atoms with E-state index in [0.29, 0.717) is 10.9 Å². The van der Waals surface area contributed by atoms with Crippen molar-refractivity contribution in [3.05, 3.63) is 34.4 Å². The molecule has 2 rings (SSSR count). The van der Waals surface area contributed by atoms with E-state index in [1.165, 1.54) is 0 Å². The first-order chi connectivity index (χ1) is 8.38. The molecule has 96 valence electrons. The number of nitrogens with zero attached hydrogens (tertiary/aromatic N) is 1. The molecule has 2 aromatic rings. The van der Waals surface area contributed by atoms with Crippen LogP contribution in [0.3, 0.4) is 0 Å². The van der Waals surface area contributed by atoms with Crippen LogP contribution in [0.4, 0.5) is 13.2 Å². The summed E-state index contributed by atoms with van der Waals surface area (Å²) in [5, 5.41) is 0.318. The van der Waals surface area contributed by atoms with Crippen LogP contribution in [0, 0.1) is 0 Å². The molecule has 1 aromatic heterocycles. The van der Waals surface area contributed by atoms with Gasteiger partial charge in [-0.2, -0.15) is 13.2 Å². The highest BCUT2D eigenvalue weighted by Crippen LogP contribution is 2.37. The topological polar surface area (TPSA) is 22.1 Å². The largest absolute Gasteiger partial charge is 0.479 e. The number of fused-ring (bicyclic) bond motifs is 1. The SMILES string of the molecule is FC(F)(F)COc1c(Cl)nc2ccccc2c1Cl. The Morgan fingerprint density at radius 2 is 1.83 bits per heavy atom. The summed E-state index contributed by atoms with van der Waals surface area (Å²) in [7, 11) is 0. The molecule has 18 heavy (non-hydrogen) atoms. The number of hydrogen-bond donors (Lipinski definition) is 0. The maximum atomic E-state index is 12.1. The van der Waals surface area contributed by atoms with Gasteiger partial charge in [0.1, 0.15) is 0 Å². The zero-order valence-electron chi connectivity index (χ0n) is 8.76. The third kappa shape index (κ3) is 2.79. The molecule has 0 saturated heterocycles. The summed E-state index contributed by atoms with van der Waals surface area (Å²) in [5.41, 5.74) is 0.492. The highest BCUT2D eigenvalue weighted by Gasteiger charge is 2.29. The normalized spacial score (nSPS) is 11.8. The molecule has 0 unspecified atom stereocenters. The van der Waals surface area contributed by atoms with E-state index in [-0.39, 0.29) is 15.9 Å². The minimum atomic E-state index is -4.46. The van der Waals surface area contributed by atoms with Crippen molar-refractivity contribution in [2.45, 2.75) is 6.18 Å². The van der Waals surface area contributed by atoms with Gasteiger partial charge in [-0.3, -0.25) is 0 Å². The molecule has 7 heteroatoms. The van der Waals surface area contributed by atoms with Gasteiger partial charge in [0.05, 0.1) is 10.5 Å². The number of benzene rings is 1. The molecule has 1 heterocycles. The number of hydrogen-bond acceptors (Lipinski definition) is 2. The summed E-state index contributed by atoms with van der Waals surface area (Å²) < 4.78 is 40.8. The second-order valence-corrected chi connectivity index (χ2v) is 4.20. The van der Waals surface area contributed by atoms with Gasteiger partial charge in [-0.15, -0.1) is 0 Å². The van der Waals surface area contributed by atoms with Gasteiger partial charge in [0.2, 0.25) is 0 Å². The van der Waals surface area contributed by atoms with E-state index in [2.05, 4.69) is 9.72 Å². The van der Waals surface area contributed by atoms with Crippen LogP contribution in [0.25, 0.3) is 10.9 Å². The summed E-state index contributed by atoms with van der Waals surface area (Å²) in [6.07, 6.45) is -4.46. The number of pyridine rings is 1. The molecule has 0 saturated carbocycles. The van der Waals surface area contributed by atoms with Crippen LogP contribution in [-0.4, -0.2) is 17.8 Å². The Bertz CT molecular complexity index is 586. The second-order valence-electron chi connectivity index (χ2n) is 3.47. The highest BCUT2D eigenvalue weighted by molar-refractivity contribution is 6.40. The van der Waals surface area contributed by atoms with Gasteiger partial charge >= 0.3 is 6.18 Å². The molecule has 0 spiro atoms. The van der Waals surface area contributed by atoms with E-state index in [4.69, 9.17) is 23.2 Å². The first kappa shape index (κ1) is 13.2. The molecule has 0 fully saturated rings. The molecular formula is C11H6Cl2F3NO. The summed E-state index contributed by atoms with van der Waals surface area (Å²) in [6.45, 7) is -1.47. The quantitative estimate of drug-likeness (QED) is 0.762. The maximum Gasteiger partial charge on any atom is 0.422 e. The molecule has 0 aliphatic rings. The number of alkyl halides is 3. The lowest BCUT2D eigenvalue weighted by Gasteiger charge is -2.12. The molecule has 0 bridgehead atoms. The predicted octanol–water partition coefficient (Wildman–Crippen LogP) is 4.48.